The van der Waals surface area contributed by atoms with E-state index in [0.717, 1.165) is 29.3 Å². The van der Waals surface area contributed by atoms with Crippen molar-refractivity contribution in [3.05, 3.63) is 49.1 Å². The van der Waals surface area contributed by atoms with Crippen LogP contribution in [0.1, 0.15) is 34.6 Å². The highest BCUT2D eigenvalue weighted by atomic mass is 28.4. The minimum absolute atomic E-state index is 0.00836. The van der Waals surface area contributed by atoms with Crippen molar-refractivity contribution in [2.45, 2.75) is 91.2 Å². The molecule has 1 aliphatic rings. The number of amides is 2. The summed E-state index contributed by atoms with van der Waals surface area (Å²) in [6.07, 6.45) is 5.41. The molecule has 3 aromatic heterocycles. The van der Waals surface area contributed by atoms with E-state index in [4.69, 9.17) is 14.1 Å². The lowest BCUT2D eigenvalue weighted by Crippen LogP contribution is -2.43. The standard InChI is InChI=1S/C34H52N8O3Si2/c1-25(2)29-22-39(17-18-45-47(9,10)34(3,4)5)33(43)42(29)30-15-16-41-32(37-30)28(21-36-41)26-11-13-27(14-12-26)31-35-23-40(38-31)24-44-19-20-46(6,7)8/h11-16,21,23,25,29H,17-20,22,24H2,1-10H3. The van der Waals surface area contributed by atoms with Crippen LogP contribution in [-0.2, 0) is 15.9 Å². The van der Waals surface area contributed by atoms with Crippen LogP contribution < -0.4 is 4.90 Å². The summed E-state index contributed by atoms with van der Waals surface area (Å²) in [6, 6.07) is 11.1. The number of benzene rings is 1. The Morgan fingerprint density at radius 1 is 1.00 bits per heavy atom. The van der Waals surface area contributed by atoms with Crippen molar-refractivity contribution < 1.29 is 14.0 Å². The molecule has 0 aliphatic carbocycles. The van der Waals surface area contributed by atoms with E-state index in [1.165, 1.54) is 0 Å². The molecule has 13 heteroatoms. The molecule has 0 bridgehead atoms. The van der Waals surface area contributed by atoms with Gasteiger partial charge in [0.2, 0.25) is 0 Å². The lowest BCUT2D eigenvalue weighted by Gasteiger charge is -2.36. The third-order valence-corrected chi connectivity index (χ3v) is 15.7. The number of aromatic nitrogens is 6. The largest absolute Gasteiger partial charge is 0.415 e. The van der Waals surface area contributed by atoms with E-state index in [1.54, 1.807) is 15.5 Å². The van der Waals surface area contributed by atoms with E-state index >= 15 is 0 Å². The third kappa shape index (κ3) is 8.02. The summed E-state index contributed by atoms with van der Waals surface area (Å²) < 4.78 is 15.7. The van der Waals surface area contributed by atoms with Gasteiger partial charge in [-0.2, -0.15) is 5.10 Å². The molecule has 254 valence electrons. The number of urea groups is 1. The number of carbonyl (C=O) groups is 1. The Morgan fingerprint density at radius 2 is 1.70 bits per heavy atom. The molecule has 0 radical (unpaired) electrons. The molecule has 1 atom stereocenters. The lowest BCUT2D eigenvalue weighted by molar-refractivity contribution is 0.0785. The Kier molecular flexibility index (Phi) is 10.1. The molecule has 0 N–H and O–H groups in total. The lowest BCUT2D eigenvalue weighted by atomic mass is 10.0. The summed E-state index contributed by atoms with van der Waals surface area (Å²) in [7, 11) is -3.03. The summed E-state index contributed by atoms with van der Waals surface area (Å²) in [5, 5.41) is 9.28. The predicted octanol–water partition coefficient (Wildman–Crippen LogP) is 7.26. The summed E-state index contributed by atoms with van der Waals surface area (Å²) in [4.78, 5) is 27.1. The molecule has 1 fully saturated rings. The van der Waals surface area contributed by atoms with Gasteiger partial charge in [0, 0.05) is 45.1 Å². The first-order valence-electron chi connectivity index (χ1n) is 16.7. The molecule has 1 saturated heterocycles. The average Bonchev–Trinajstić information content (AvgIpc) is 3.72. The normalized spacial score (nSPS) is 16.3. The van der Waals surface area contributed by atoms with E-state index in [1.807, 2.05) is 52.5 Å². The van der Waals surface area contributed by atoms with Crippen molar-refractivity contribution in [1.29, 1.82) is 0 Å². The van der Waals surface area contributed by atoms with E-state index in [2.05, 4.69) is 82.5 Å². The van der Waals surface area contributed by atoms with Crippen molar-refractivity contribution >= 4 is 33.9 Å². The molecule has 1 unspecified atom stereocenters. The van der Waals surface area contributed by atoms with Crippen molar-refractivity contribution in [3.8, 4) is 22.5 Å². The van der Waals surface area contributed by atoms with Crippen LogP contribution in [0.2, 0.25) is 43.8 Å². The first-order chi connectivity index (χ1) is 22.0. The number of rotatable bonds is 13. The minimum Gasteiger partial charge on any atom is -0.415 e. The quantitative estimate of drug-likeness (QED) is 0.109. The van der Waals surface area contributed by atoms with Crippen LogP contribution in [0.4, 0.5) is 10.6 Å². The van der Waals surface area contributed by atoms with Crippen LogP contribution in [0.25, 0.3) is 28.2 Å². The Morgan fingerprint density at radius 3 is 2.36 bits per heavy atom. The van der Waals surface area contributed by atoms with Gasteiger partial charge in [-0.05, 0) is 41.7 Å². The Bertz CT molecular complexity index is 1670. The Balaban J connectivity index is 1.30. The molecule has 4 heterocycles. The fraction of sp³-hybridized carbons (Fsp3) is 0.559. The average molecular weight is 677 g/mol. The molecule has 2 amide bonds. The van der Waals surface area contributed by atoms with Gasteiger partial charge in [0.15, 0.2) is 19.8 Å². The molecular formula is C34H52N8O3Si2. The first-order valence-corrected chi connectivity index (χ1v) is 23.3. The zero-order valence-corrected chi connectivity index (χ0v) is 31.8. The first kappa shape index (κ1) is 34.9. The molecule has 5 rings (SSSR count). The third-order valence-electron chi connectivity index (χ3n) is 9.43. The molecule has 11 nitrogen and oxygen atoms in total. The number of carbonyl (C=O) groups excluding carboxylic acids is 1. The van der Waals surface area contributed by atoms with Crippen LogP contribution in [0.5, 0.6) is 0 Å². The van der Waals surface area contributed by atoms with E-state index in [-0.39, 0.29) is 23.0 Å². The van der Waals surface area contributed by atoms with Crippen molar-refractivity contribution in [2.24, 2.45) is 5.92 Å². The fourth-order valence-electron chi connectivity index (χ4n) is 5.29. The second kappa shape index (κ2) is 13.6. The van der Waals surface area contributed by atoms with Crippen molar-refractivity contribution in [1.82, 2.24) is 34.3 Å². The summed E-state index contributed by atoms with van der Waals surface area (Å²) in [5.41, 5.74) is 3.48. The second-order valence-electron chi connectivity index (χ2n) is 15.7. The summed E-state index contributed by atoms with van der Waals surface area (Å²) in [6.45, 7) is 25.4. The maximum atomic E-state index is 13.8. The van der Waals surface area contributed by atoms with E-state index < -0.39 is 16.4 Å². The van der Waals surface area contributed by atoms with Crippen LogP contribution in [-0.4, -0.2) is 89.0 Å². The van der Waals surface area contributed by atoms with E-state index in [9.17, 15) is 4.79 Å². The van der Waals surface area contributed by atoms with Gasteiger partial charge >= 0.3 is 6.03 Å². The van der Waals surface area contributed by atoms with Crippen LogP contribution in [0.3, 0.4) is 0 Å². The molecule has 1 aliphatic heterocycles. The molecule has 1 aromatic carbocycles. The maximum Gasteiger partial charge on any atom is 0.326 e. The summed E-state index contributed by atoms with van der Waals surface area (Å²) >= 11 is 0. The van der Waals surface area contributed by atoms with Gasteiger partial charge in [-0.15, -0.1) is 5.10 Å². The van der Waals surface area contributed by atoms with Gasteiger partial charge < -0.3 is 14.1 Å². The Labute approximate surface area is 281 Å². The van der Waals surface area contributed by atoms with Crippen LogP contribution >= 0.6 is 0 Å². The summed E-state index contributed by atoms with van der Waals surface area (Å²) in [5.74, 6) is 1.54. The molecule has 0 spiro atoms. The van der Waals surface area contributed by atoms with Gasteiger partial charge in [0.1, 0.15) is 18.9 Å². The van der Waals surface area contributed by atoms with Gasteiger partial charge in [-0.25, -0.2) is 24.0 Å². The van der Waals surface area contributed by atoms with E-state index in [0.29, 0.717) is 43.7 Å². The van der Waals surface area contributed by atoms with Crippen molar-refractivity contribution in [2.75, 3.05) is 31.2 Å². The number of hydrogen-bond donors (Lipinski definition) is 0. The highest BCUT2D eigenvalue weighted by Crippen LogP contribution is 2.37. The monoisotopic (exact) mass is 676 g/mol. The zero-order chi connectivity index (χ0) is 34.1. The van der Waals surface area contributed by atoms with Crippen molar-refractivity contribution in [3.63, 3.8) is 0 Å². The number of fused-ring (bicyclic) bond motifs is 1. The maximum absolute atomic E-state index is 13.8. The number of anilines is 1. The van der Waals surface area contributed by atoms with Gasteiger partial charge in [0.05, 0.1) is 18.8 Å². The van der Waals surface area contributed by atoms with Gasteiger partial charge in [-0.1, -0.05) is 78.5 Å². The predicted molar refractivity (Wildman–Crippen MR) is 193 cm³/mol. The second-order valence-corrected chi connectivity index (χ2v) is 26.1. The van der Waals surface area contributed by atoms with Crippen LogP contribution in [0.15, 0.2) is 49.1 Å². The SMILES string of the molecule is CC(C)C1CN(CCO[Si](C)(C)C(C)(C)C)C(=O)N1c1ccn2ncc(-c3ccc(-c4ncn(COCC[Si](C)(C)C)n4)cc3)c2n1. The van der Waals surface area contributed by atoms with Gasteiger partial charge in [-0.3, -0.25) is 4.90 Å². The highest BCUT2D eigenvalue weighted by Gasteiger charge is 2.41. The molecule has 0 saturated carbocycles. The zero-order valence-electron chi connectivity index (χ0n) is 29.8. The fourth-order valence-corrected chi connectivity index (χ4v) is 7.08. The Hall–Kier alpha value is -3.40. The number of nitrogens with zero attached hydrogens (tertiary/aromatic N) is 8. The van der Waals surface area contributed by atoms with Gasteiger partial charge in [0.25, 0.3) is 0 Å². The topological polar surface area (TPSA) is 103 Å². The smallest absolute Gasteiger partial charge is 0.326 e. The molecule has 47 heavy (non-hydrogen) atoms. The number of hydrogen-bond acceptors (Lipinski definition) is 7. The van der Waals surface area contributed by atoms with Crippen LogP contribution in [0, 0.1) is 5.92 Å². The minimum atomic E-state index is -1.90. The molecule has 4 aromatic rings. The molecular weight excluding hydrogens is 625 g/mol. The number of ether oxygens (including phenoxy) is 1. The highest BCUT2D eigenvalue weighted by molar-refractivity contribution is 6.76.